The molecule has 1 amide bonds. The minimum Gasteiger partial charge on any atom is -0.484 e. The number of ether oxygens (including phenoxy) is 1. The normalized spacial score (nSPS) is 11.7. The van der Waals surface area contributed by atoms with E-state index in [9.17, 15) is 18.4 Å². The lowest BCUT2D eigenvalue weighted by molar-refractivity contribution is -0.123. The lowest BCUT2D eigenvalue weighted by Crippen LogP contribution is -2.31. The monoisotopic (exact) mass is 347 g/mol. The van der Waals surface area contributed by atoms with Crippen LogP contribution in [0.25, 0.3) is 0 Å². The third kappa shape index (κ3) is 5.11. The number of benzene rings is 2. The number of halogens is 2. The maximum Gasteiger partial charge on any atom is 0.258 e. The Morgan fingerprint density at radius 2 is 1.76 bits per heavy atom. The topological polar surface area (TPSA) is 55.4 Å². The van der Waals surface area contributed by atoms with Crippen molar-refractivity contribution in [3.8, 4) is 5.75 Å². The van der Waals surface area contributed by atoms with Crippen molar-refractivity contribution in [1.29, 1.82) is 0 Å². The predicted octanol–water partition coefficient (Wildman–Crippen LogP) is 3.81. The highest BCUT2D eigenvalue weighted by Gasteiger charge is 2.12. The van der Waals surface area contributed by atoms with Crippen LogP contribution in [0.4, 0.5) is 8.78 Å². The SMILES string of the molecule is CCC(=O)c1ccc(OCC(=O)NC(C)c2ccc(F)c(F)c2)cc1. The van der Waals surface area contributed by atoms with E-state index in [1.807, 2.05) is 0 Å². The van der Waals surface area contributed by atoms with Gasteiger partial charge in [0.05, 0.1) is 6.04 Å². The lowest BCUT2D eigenvalue weighted by atomic mass is 10.1. The zero-order chi connectivity index (χ0) is 18.4. The Bertz CT molecular complexity index is 760. The fourth-order valence-electron chi connectivity index (χ4n) is 2.24. The van der Waals surface area contributed by atoms with E-state index in [1.165, 1.54) is 6.07 Å². The fourth-order valence-corrected chi connectivity index (χ4v) is 2.24. The van der Waals surface area contributed by atoms with E-state index in [0.29, 0.717) is 23.3 Å². The van der Waals surface area contributed by atoms with Crippen molar-refractivity contribution < 1.29 is 23.1 Å². The minimum absolute atomic E-state index is 0.0321. The quantitative estimate of drug-likeness (QED) is 0.775. The number of nitrogens with one attached hydrogen (secondary N) is 1. The van der Waals surface area contributed by atoms with Crippen molar-refractivity contribution in [3.63, 3.8) is 0 Å². The van der Waals surface area contributed by atoms with Gasteiger partial charge in [0, 0.05) is 12.0 Å². The molecule has 0 aliphatic carbocycles. The second-order valence-electron chi connectivity index (χ2n) is 5.55. The summed E-state index contributed by atoms with van der Waals surface area (Å²) in [6.07, 6.45) is 0.421. The van der Waals surface area contributed by atoms with Crippen LogP contribution < -0.4 is 10.1 Å². The van der Waals surface area contributed by atoms with Gasteiger partial charge in [0.15, 0.2) is 24.0 Å². The first-order valence-electron chi connectivity index (χ1n) is 7.91. The number of amides is 1. The highest BCUT2D eigenvalue weighted by molar-refractivity contribution is 5.95. The van der Waals surface area contributed by atoms with E-state index < -0.39 is 23.6 Å². The molecule has 2 aromatic rings. The molecule has 1 N–H and O–H groups in total. The van der Waals surface area contributed by atoms with Gasteiger partial charge in [-0.05, 0) is 48.9 Å². The van der Waals surface area contributed by atoms with E-state index in [-0.39, 0.29) is 12.4 Å². The molecule has 0 fully saturated rings. The van der Waals surface area contributed by atoms with E-state index in [0.717, 1.165) is 12.1 Å². The van der Waals surface area contributed by atoms with Crippen molar-refractivity contribution in [2.45, 2.75) is 26.3 Å². The van der Waals surface area contributed by atoms with Crippen LogP contribution in [-0.2, 0) is 4.79 Å². The molecule has 1 atom stereocenters. The third-order valence-electron chi connectivity index (χ3n) is 3.69. The smallest absolute Gasteiger partial charge is 0.258 e. The molecule has 0 bridgehead atoms. The zero-order valence-corrected chi connectivity index (χ0v) is 14.0. The Labute approximate surface area is 144 Å². The number of carbonyl (C=O) groups is 2. The Hall–Kier alpha value is -2.76. The molecule has 0 spiro atoms. The van der Waals surface area contributed by atoms with Gasteiger partial charge in [-0.25, -0.2) is 8.78 Å². The average Bonchev–Trinajstić information content (AvgIpc) is 2.62. The summed E-state index contributed by atoms with van der Waals surface area (Å²) >= 11 is 0. The molecule has 2 aromatic carbocycles. The van der Waals surface area contributed by atoms with E-state index >= 15 is 0 Å². The molecule has 0 aliphatic rings. The third-order valence-corrected chi connectivity index (χ3v) is 3.69. The molecule has 25 heavy (non-hydrogen) atoms. The summed E-state index contributed by atoms with van der Waals surface area (Å²) in [5.74, 6) is -1.80. The van der Waals surface area contributed by atoms with Gasteiger partial charge in [-0.1, -0.05) is 13.0 Å². The fraction of sp³-hybridized carbons (Fsp3) is 0.263. The number of ketones is 1. The van der Waals surface area contributed by atoms with Crippen LogP contribution >= 0.6 is 0 Å². The van der Waals surface area contributed by atoms with Crippen LogP contribution in [0.1, 0.15) is 42.2 Å². The largest absolute Gasteiger partial charge is 0.484 e. The van der Waals surface area contributed by atoms with Crippen LogP contribution in [-0.4, -0.2) is 18.3 Å². The van der Waals surface area contributed by atoms with Crippen molar-refractivity contribution >= 4 is 11.7 Å². The molecule has 2 rings (SSSR count). The summed E-state index contributed by atoms with van der Waals surface area (Å²) in [6, 6.07) is 9.51. The molecule has 1 unspecified atom stereocenters. The molecule has 0 heterocycles. The van der Waals surface area contributed by atoms with Gasteiger partial charge in [-0.3, -0.25) is 9.59 Å². The van der Waals surface area contributed by atoms with Gasteiger partial charge >= 0.3 is 0 Å². The molecule has 132 valence electrons. The summed E-state index contributed by atoms with van der Waals surface area (Å²) in [7, 11) is 0. The molecule has 6 heteroatoms. The Balaban J connectivity index is 1.87. The Kier molecular flexibility index (Phi) is 6.22. The van der Waals surface area contributed by atoms with Crippen LogP contribution in [0, 0.1) is 11.6 Å². The van der Waals surface area contributed by atoms with Crippen molar-refractivity contribution in [2.75, 3.05) is 6.61 Å². The Morgan fingerprint density at radius 1 is 1.08 bits per heavy atom. The molecule has 0 aromatic heterocycles. The van der Waals surface area contributed by atoms with Gasteiger partial charge < -0.3 is 10.1 Å². The Morgan fingerprint density at radius 3 is 2.36 bits per heavy atom. The first kappa shape index (κ1) is 18.6. The van der Waals surface area contributed by atoms with E-state index in [4.69, 9.17) is 4.74 Å². The summed E-state index contributed by atoms with van der Waals surface area (Å²) in [6.45, 7) is 3.22. The molecule has 0 saturated heterocycles. The maximum atomic E-state index is 13.2. The van der Waals surface area contributed by atoms with Gasteiger partial charge in [0.25, 0.3) is 5.91 Å². The minimum atomic E-state index is -0.962. The lowest BCUT2D eigenvalue weighted by Gasteiger charge is -2.15. The predicted molar refractivity (Wildman–Crippen MR) is 89.5 cm³/mol. The van der Waals surface area contributed by atoms with Gasteiger partial charge in [-0.15, -0.1) is 0 Å². The van der Waals surface area contributed by atoms with Gasteiger partial charge in [0.1, 0.15) is 5.75 Å². The number of hydrogen-bond donors (Lipinski definition) is 1. The van der Waals surface area contributed by atoms with Crippen LogP contribution in [0.5, 0.6) is 5.75 Å². The molecule has 4 nitrogen and oxygen atoms in total. The first-order valence-corrected chi connectivity index (χ1v) is 7.91. The van der Waals surface area contributed by atoms with E-state index in [2.05, 4.69) is 5.32 Å². The van der Waals surface area contributed by atoms with Gasteiger partial charge in [0.2, 0.25) is 0 Å². The van der Waals surface area contributed by atoms with Crippen LogP contribution in [0.2, 0.25) is 0 Å². The van der Waals surface area contributed by atoms with Crippen molar-refractivity contribution in [1.82, 2.24) is 5.32 Å². The highest BCUT2D eigenvalue weighted by Crippen LogP contribution is 2.16. The van der Waals surface area contributed by atoms with Crippen LogP contribution in [0.3, 0.4) is 0 Å². The number of carbonyl (C=O) groups excluding carboxylic acids is 2. The molecule has 0 aliphatic heterocycles. The highest BCUT2D eigenvalue weighted by atomic mass is 19.2. The van der Waals surface area contributed by atoms with Gasteiger partial charge in [-0.2, -0.15) is 0 Å². The standard InChI is InChI=1S/C19H19F2NO3/c1-3-18(23)13-4-7-15(8-5-13)25-11-19(24)22-12(2)14-6-9-16(20)17(21)10-14/h4-10,12H,3,11H2,1-2H3,(H,22,24). The first-order chi connectivity index (χ1) is 11.9. The van der Waals surface area contributed by atoms with Crippen molar-refractivity contribution in [3.05, 3.63) is 65.2 Å². The van der Waals surface area contributed by atoms with Crippen LogP contribution in [0.15, 0.2) is 42.5 Å². The van der Waals surface area contributed by atoms with Crippen molar-refractivity contribution in [2.24, 2.45) is 0 Å². The average molecular weight is 347 g/mol. The molecular formula is C19H19F2NO3. The number of hydrogen-bond acceptors (Lipinski definition) is 3. The summed E-state index contributed by atoms with van der Waals surface area (Å²) in [4.78, 5) is 23.5. The summed E-state index contributed by atoms with van der Waals surface area (Å²) in [5, 5.41) is 2.64. The molecule has 0 radical (unpaired) electrons. The summed E-state index contributed by atoms with van der Waals surface area (Å²) < 4.78 is 31.5. The zero-order valence-electron chi connectivity index (χ0n) is 14.0. The number of rotatable bonds is 7. The summed E-state index contributed by atoms with van der Waals surface area (Å²) in [5.41, 5.74) is 1.04. The van der Waals surface area contributed by atoms with E-state index in [1.54, 1.807) is 38.1 Å². The second kappa shape index (κ2) is 8.37. The number of Topliss-reactive ketones (excluding diaryl/α,β-unsaturated/α-hetero) is 1. The second-order valence-corrected chi connectivity index (χ2v) is 5.55. The molecular weight excluding hydrogens is 328 g/mol. The maximum absolute atomic E-state index is 13.2. The molecule has 0 saturated carbocycles.